The third kappa shape index (κ3) is 4.43. The van der Waals surface area contributed by atoms with E-state index in [0.717, 1.165) is 17.3 Å². The molecular weight excluding hydrogens is 337 g/mol. The van der Waals surface area contributed by atoms with Gasteiger partial charge in [0.1, 0.15) is 11.4 Å². The molecule has 0 aliphatic carbocycles. The molecule has 3 nitrogen and oxygen atoms in total. The van der Waals surface area contributed by atoms with Gasteiger partial charge in [-0.15, -0.1) is 0 Å². The molecule has 0 spiro atoms. The van der Waals surface area contributed by atoms with Gasteiger partial charge >= 0.3 is 6.09 Å². The summed E-state index contributed by atoms with van der Waals surface area (Å²) < 4.78 is 20.2. The molecule has 1 saturated heterocycles. The summed E-state index contributed by atoms with van der Waals surface area (Å²) in [5, 5.41) is 0. The van der Waals surface area contributed by atoms with Gasteiger partial charge in [-0.3, -0.25) is 0 Å². The number of likely N-dealkylation sites (tertiary alicyclic amines) is 1. The summed E-state index contributed by atoms with van der Waals surface area (Å²) in [6.45, 7) is 6.72. The van der Waals surface area contributed by atoms with Crippen LogP contribution in [0.2, 0.25) is 0 Å². The van der Waals surface area contributed by atoms with E-state index in [0.29, 0.717) is 18.7 Å². The van der Waals surface area contributed by atoms with E-state index in [-0.39, 0.29) is 17.8 Å². The van der Waals surface area contributed by atoms with Gasteiger partial charge in [-0.05, 0) is 51.3 Å². The van der Waals surface area contributed by atoms with Crippen molar-refractivity contribution in [3.05, 3.63) is 34.1 Å². The molecule has 1 fully saturated rings. The second-order valence-electron chi connectivity index (χ2n) is 6.43. The largest absolute Gasteiger partial charge is 0.444 e. The van der Waals surface area contributed by atoms with Gasteiger partial charge in [0.2, 0.25) is 0 Å². The molecule has 0 radical (unpaired) electrons. The Hall–Kier alpha value is -1.10. The molecule has 116 valence electrons. The van der Waals surface area contributed by atoms with Crippen molar-refractivity contribution in [1.82, 2.24) is 4.90 Å². The fraction of sp³-hybridized carbons (Fsp3) is 0.562. The zero-order valence-electron chi connectivity index (χ0n) is 12.7. The highest BCUT2D eigenvalue weighted by Crippen LogP contribution is 2.30. The van der Waals surface area contributed by atoms with Gasteiger partial charge in [-0.1, -0.05) is 22.0 Å². The molecule has 1 aliphatic heterocycles. The number of piperidine rings is 1. The normalized spacial score (nSPS) is 19.5. The van der Waals surface area contributed by atoms with Crippen molar-refractivity contribution in [3.63, 3.8) is 0 Å². The van der Waals surface area contributed by atoms with Gasteiger partial charge in [-0.2, -0.15) is 0 Å². The Kier molecular flexibility index (Phi) is 4.91. The monoisotopic (exact) mass is 357 g/mol. The molecule has 1 atom stereocenters. The first-order valence-electron chi connectivity index (χ1n) is 7.19. The SMILES string of the molecule is CC(C)(C)OC(=O)N1CCCC(c2ccc(Br)cc2F)C1. The maximum Gasteiger partial charge on any atom is 0.410 e. The topological polar surface area (TPSA) is 29.5 Å². The summed E-state index contributed by atoms with van der Waals surface area (Å²) in [5.74, 6) is -0.195. The first kappa shape index (κ1) is 16.3. The van der Waals surface area contributed by atoms with Gasteiger partial charge in [0.05, 0.1) is 0 Å². The minimum absolute atomic E-state index is 0.0272. The molecule has 1 aromatic carbocycles. The Morgan fingerprint density at radius 1 is 1.43 bits per heavy atom. The number of hydrogen-bond acceptors (Lipinski definition) is 2. The Bertz CT molecular complexity index is 527. The highest BCUT2D eigenvalue weighted by Gasteiger charge is 2.29. The highest BCUT2D eigenvalue weighted by molar-refractivity contribution is 9.10. The fourth-order valence-corrected chi connectivity index (χ4v) is 2.89. The van der Waals surface area contributed by atoms with Crippen LogP contribution in [0.4, 0.5) is 9.18 Å². The zero-order chi connectivity index (χ0) is 15.6. The van der Waals surface area contributed by atoms with Crippen molar-refractivity contribution in [1.29, 1.82) is 0 Å². The average Bonchev–Trinajstić information content (AvgIpc) is 2.37. The van der Waals surface area contributed by atoms with E-state index >= 15 is 0 Å². The van der Waals surface area contributed by atoms with Crippen LogP contribution >= 0.6 is 15.9 Å². The van der Waals surface area contributed by atoms with E-state index in [1.807, 2.05) is 26.8 Å². The van der Waals surface area contributed by atoms with E-state index < -0.39 is 5.60 Å². The maximum absolute atomic E-state index is 14.1. The number of carbonyl (C=O) groups is 1. The molecule has 0 aromatic heterocycles. The zero-order valence-corrected chi connectivity index (χ0v) is 14.2. The van der Waals surface area contributed by atoms with Crippen LogP contribution in [0.25, 0.3) is 0 Å². The minimum Gasteiger partial charge on any atom is -0.444 e. The van der Waals surface area contributed by atoms with Crippen LogP contribution in [-0.4, -0.2) is 29.7 Å². The van der Waals surface area contributed by atoms with Gasteiger partial charge in [0.15, 0.2) is 0 Å². The molecule has 1 unspecified atom stereocenters. The summed E-state index contributed by atoms with van der Waals surface area (Å²) in [4.78, 5) is 13.8. The van der Waals surface area contributed by atoms with Crippen LogP contribution in [0, 0.1) is 5.82 Å². The Labute approximate surface area is 133 Å². The summed E-state index contributed by atoms with van der Waals surface area (Å²) in [5.41, 5.74) is 0.166. The summed E-state index contributed by atoms with van der Waals surface area (Å²) in [7, 11) is 0. The van der Waals surface area contributed by atoms with Crippen LogP contribution in [-0.2, 0) is 4.74 Å². The molecule has 5 heteroatoms. The first-order valence-corrected chi connectivity index (χ1v) is 7.98. The number of amides is 1. The van der Waals surface area contributed by atoms with Crippen molar-refractivity contribution in [2.45, 2.75) is 45.1 Å². The number of benzene rings is 1. The maximum atomic E-state index is 14.1. The average molecular weight is 358 g/mol. The lowest BCUT2D eigenvalue weighted by Crippen LogP contribution is -2.42. The Morgan fingerprint density at radius 3 is 2.76 bits per heavy atom. The predicted molar refractivity (Wildman–Crippen MR) is 83.9 cm³/mol. The van der Waals surface area contributed by atoms with Gasteiger partial charge < -0.3 is 9.64 Å². The van der Waals surface area contributed by atoms with Crippen molar-refractivity contribution in [3.8, 4) is 0 Å². The molecular formula is C16H21BrFNO2. The van der Waals surface area contributed by atoms with Crippen molar-refractivity contribution in [2.75, 3.05) is 13.1 Å². The lowest BCUT2D eigenvalue weighted by Gasteiger charge is -2.34. The molecule has 21 heavy (non-hydrogen) atoms. The molecule has 1 aliphatic rings. The highest BCUT2D eigenvalue weighted by atomic mass is 79.9. The summed E-state index contributed by atoms with van der Waals surface area (Å²) >= 11 is 3.26. The van der Waals surface area contributed by atoms with Crippen molar-refractivity contribution in [2.24, 2.45) is 0 Å². The quantitative estimate of drug-likeness (QED) is 0.728. The van der Waals surface area contributed by atoms with Crippen LogP contribution in [0.15, 0.2) is 22.7 Å². The molecule has 2 rings (SSSR count). The number of carbonyl (C=O) groups excluding carboxylic acids is 1. The lowest BCUT2D eigenvalue weighted by molar-refractivity contribution is 0.0197. The molecule has 0 saturated carbocycles. The van der Waals surface area contributed by atoms with Gasteiger partial charge in [0.25, 0.3) is 0 Å². The lowest BCUT2D eigenvalue weighted by atomic mass is 9.90. The van der Waals surface area contributed by atoms with Crippen LogP contribution in [0.3, 0.4) is 0 Å². The molecule has 1 aromatic rings. The molecule has 1 heterocycles. The molecule has 0 bridgehead atoms. The smallest absolute Gasteiger partial charge is 0.410 e. The van der Waals surface area contributed by atoms with E-state index in [9.17, 15) is 9.18 Å². The van der Waals surface area contributed by atoms with Crippen LogP contribution in [0.5, 0.6) is 0 Å². The second kappa shape index (κ2) is 6.34. The van der Waals surface area contributed by atoms with E-state index in [4.69, 9.17) is 4.74 Å². The van der Waals surface area contributed by atoms with Crippen molar-refractivity contribution >= 4 is 22.0 Å². The standard InChI is InChI=1S/C16H21BrFNO2/c1-16(2,3)21-15(20)19-8-4-5-11(10-19)13-7-6-12(17)9-14(13)18/h6-7,9,11H,4-5,8,10H2,1-3H3. The number of halogens is 2. The summed E-state index contributed by atoms with van der Waals surface area (Å²) in [6.07, 6.45) is 1.43. The van der Waals surface area contributed by atoms with Gasteiger partial charge in [0, 0.05) is 23.5 Å². The minimum atomic E-state index is -0.507. The predicted octanol–water partition coefficient (Wildman–Crippen LogP) is 4.70. The Morgan fingerprint density at radius 2 is 2.14 bits per heavy atom. The summed E-state index contributed by atoms with van der Waals surface area (Å²) in [6, 6.07) is 5.11. The number of hydrogen-bond donors (Lipinski definition) is 0. The van der Waals surface area contributed by atoms with Gasteiger partial charge in [-0.25, -0.2) is 9.18 Å². The number of nitrogens with zero attached hydrogens (tertiary/aromatic N) is 1. The number of ether oxygens (including phenoxy) is 1. The fourth-order valence-electron chi connectivity index (χ4n) is 2.56. The van der Waals surface area contributed by atoms with Crippen molar-refractivity contribution < 1.29 is 13.9 Å². The number of rotatable bonds is 1. The van der Waals surface area contributed by atoms with E-state index in [2.05, 4.69) is 15.9 Å². The van der Waals surface area contributed by atoms with Crippen LogP contribution in [0.1, 0.15) is 45.1 Å². The van der Waals surface area contributed by atoms with E-state index in [1.165, 1.54) is 6.07 Å². The molecule has 1 amide bonds. The van der Waals surface area contributed by atoms with E-state index in [1.54, 1.807) is 11.0 Å². The second-order valence-corrected chi connectivity index (χ2v) is 7.35. The first-order chi connectivity index (χ1) is 9.76. The third-order valence-corrected chi connectivity index (χ3v) is 3.97. The van der Waals surface area contributed by atoms with Crippen LogP contribution < -0.4 is 0 Å². The Balaban J connectivity index is 2.08. The third-order valence-electron chi connectivity index (χ3n) is 3.48. The molecule has 0 N–H and O–H groups in total.